The molecule has 1 aliphatic rings. The van der Waals surface area contributed by atoms with E-state index in [1.165, 1.54) is 60.5 Å². The van der Waals surface area contributed by atoms with Crippen LogP contribution in [0.3, 0.4) is 0 Å². The number of nitrogens with zero attached hydrogens (tertiary/aromatic N) is 2. The summed E-state index contributed by atoms with van der Waals surface area (Å²) in [7, 11) is 1.47. The van der Waals surface area contributed by atoms with E-state index in [1.54, 1.807) is 24.3 Å². The fraction of sp³-hybridized carbons (Fsp3) is 0.160. The first-order valence-electron chi connectivity index (χ1n) is 10.4. The minimum atomic E-state index is -1.09. The van der Waals surface area contributed by atoms with Crippen molar-refractivity contribution in [3.63, 3.8) is 0 Å². The quantitative estimate of drug-likeness (QED) is 0.527. The van der Waals surface area contributed by atoms with Gasteiger partial charge in [-0.1, -0.05) is 18.2 Å². The number of imide groups is 1. The molecule has 4 rings (SSSR count). The van der Waals surface area contributed by atoms with Crippen molar-refractivity contribution in [2.45, 2.75) is 19.0 Å². The van der Waals surface area contributed by atoms with Gasteiger partial charge in [0, 0.05) is 18.3 Å². The lowest BCUT2D eigenvalue weighted by Crippen LogP contribution is -2.37. The number of ether oxygens (including phenoxy) is 1. The SMILES string of the molecule is COc1cccc(N2C(=O)C(CC(=O)Nc3ccc(F)cc3)N(Cc3ccc(F)cc3)C2=O)c1. The molecule has 1 fully saturated rings. The van der Waals surface area contributed by atoms with E-state index < -0.39 is 35.5 Å². The van der Waals surface area contributed by atoms with E-state index in [9.17, 15) is 23.2 Å². The fourth-order valence-electron chi connectivity index (χ4n) is 3.71. The molecule has 3 aromatic carbocycles. The topological polar surface area (TPSA) is 79.0 Å². The van der Waals surface area contributed by atoms with E-state index in [1.807, 2.05) is 0 Å². The van der Waals surface area contributed by atoms with Crippen LogP contribution in [0.4, 0.5) is 25.0 Å². The Morgan fingerprint density at radius 3 is 2.26 bits per heavy atom. The lowest BCUT2D eigenvalue weighted by molar-refractivity contribution is -0.124. The number of nitrogens with one attached hydrogen (secondary N) is 1. The van der Waals surface area contributed by atoms with Gasteiger partial charge in [0.05, 0.1) is 19.2 Å². The molecular formula is C25H21F2N3O4. The standard InChI is InChI=1S/C25H21F2N3O4/c1-34-21-4-2-3-20(13-21)30-24(32)22(14-23(31)28-19-11-9-18(27)10-12-19)29(25(30)33)15-16-5-7-17(26)8-6-16/h2-13,22H,14-15H2,1H3,(H,28,31). The molecule has 0 saturated carbocycles. The molecule has 0 bridgehead atoms. The van der Waals surface area contributed by atoms with Crippen LogP contribution in [0.2, 0.25) is 0 Å². The summed E-state index contributed by atoms with van der Waals surface area (Å²) in [6, 6.07) is 15.5. The van der Waals surface area contributed by atoms with Crippen molar-refractivity contribution in [2.75, 3.05) is 17.3 Å². The molecule has 4 amide bonds. The first-order valence-corrected chi connectivity index (χ1v) is 10.4. The van der Waals surface area contributed by atoms with E-state index in [-0.39, 0.29) is 13.0 Å². The van der Waals surface area contributed by atoms with Crippen LogP contribution in [0.15, 0.2) is 72.8 Å². The smallest absolute Gasteiger partial charge is 0.332 e. The van der Waals surface area contributed by atoms with Crippen LogP contribution in [0.25, 0.3) is 0 Å². The average molecular weight is 465 g/mol. The van der Waals surface area contributed by atoms with Gasteiger partial charge in [-0.25, -0.2) is 18.5 Å². The van der Waals surface area contributed by atoms with Gasteiger partial charge in [-0.15, -0.1) is 0 Å². The van der Waals surface area contributed by atoms with Gasteiger partial charge in [-0.05, 0) is 54.1 Å². The Hall–Kier alpha value is -4.27. The van der Waals surface area contributed by atoms with Crippen molar-refractivity contribution >= 4 is 29.2 Å². The Kier molecular flexibility index (Phi) is 6.53. The highest BCUT2D eigenvalue weighted by atomic mass is 19.1. The maximum atomic E-state index is 13.3. The van der Waals surface area contributed by atoms with Crippen LogP contribution >= 0.6 is 0 Å². The van der Waals surface area contributed by atoms with Gasteiger partial charge in [-0.2, -0.15) is 0 Å². The minimum absolute atomic E-state index is 0.000182. The Morgan fingerprint density at radius 2 is 1.62 bits per heavy atom. The van der Waals surface area contributed by atoms with E-state index in [0.717, 1.165) is 4.90 Å². The molecule has 7 nitrogen and oxygen atoms in total. The number of amides is 4. The summed E-state index contributed by atoms with van der Waals surface area (Å²) < 4.78 is 31.7. The first kappa shape index (κ1) is 22.9. The number of hydrogen-bond donors (Lipinski definition) is 1. The molecule has 9 heteroatoms. The average Bonchev–Trinajstić information content (AvgIpc) is 3.05. The molecule has 1 aliphatic heterocycles. The predicted molar refractivity (Wildman–Crippen MR) is 121 cm³/mol. The van der Waals surface area contributed by atoms with Gasteiger partial charge in [0.15, 0.2) is 0 Å². The Bertz CT molecular complexity index is 1220. The number of hydrogen-bond acceptors (Lipinski definition) is 4. The minimum Gasteiger partial charge on any atom is -0.497 e. The number of carbonyl (C=O) groups excluding carboxylic acids is 3. The molecule has 1 N–H and O–H groups in total. The van der Waals surface area contributed by atoms with Gasteiger partial charge in [0.2, 0.25) is 5.91 Å². The van der Waals surface area contributed by atoms with Gasteiger partial charge >= 0.3 is 6.03 Å². The molecule has 0 aromatic heterocycles. The number of anilines is 2. The van der Waals surface area contributed by atoms with Gasteiger partial charge in [-0.3, -0.25) is 9.59 Å². The summed E-state index contributed by atoms with van der Waals surface area (Å²) in [5, 5.41) is 2.61. The highest BCUT2D eigenvalue weighted by Gasteiger charge is 2.46. The van der Waals surface area contributed by atoms with Gasteiger partial charge < -0.3 is 15.0 Å². The molecule has 0 spiro atoms. The summed E-state index contributed by atoms with van der Waals surface area (Å²) in [6.07, 6.45) is -0.316. The second kappa shape index (κ2) is 9.70. The summed E-state index contributed by atoms with van der Waals surface area (Å²) >= 11 is 0. The van der Waals surface area contributed by atoms with Crippen LogP contribution in [0.5, 0.6) is 5.75 Å². The van der Waals surface area contributed by atoms with Crippen LogP contribution in [0, 0.1) is 11.6 Å². The number of halogens is 2. The zero-order valence-corrected chi connectivity index (χ0v) is 18.2. The maximum Gasteiger partial charge on any atom is 0.332 e. The third kappa shape index (κ3) is 4.88. The third-order valence-electron chi connectivity index (χ3n) is 5.40. The molecule has 34 heavy (non-hydrogen) atoms. The van der Waals surface area contributed by atoms with E-state index in [2.05, 4.69) is 5.32 Å². The van der Waals surface area contributed by atoms with Crippen molar-refractivity contribution in [1.29, 1.82) is 0 Å². The number of rotatable bonds is 7. The van der Waals surface area contributed by atoms with E-state index in [4.69, 9.17) is 4.74 Å². The number of urea groups is 1. The summed E-state index contributed by atoms with van der Waals surface area (Å²) in [5.41, 5.74) is 1.26. The van der Waals surface area contributed by atoms with Gasteiger partial charge in [0.25, 0.3) is 5.91 Å². The van der Waals surface area contributed by atoms with Crippen LogP contribution < -0.4 is 15.0 Å². The second-order valence-electron chi connectivity index (χ2n) is 7.69. The molecule has 1 atom stereocenters. The van der Waals surface area contributed by atoms with Crippen molar-refractivity contribution in [2.24, 2.45) is 0 Å². The van der Waals surface area contributed by atoms with Crippen LogP contribution in [-0.2, 0) is 16.1 Å². The largest absolute Gasteiger partial charge is 0.497 e. The normalized spacial score (nSPS) is 15.6. The van der Waals surface area contributed by atoms with Gasteiger partial charge in [0.1, 0.15) is 23.4 Å². The molecule has 1 saturated heterocycles. The third-order valence-corrected chi connectivity index (χ3v) is 5.40. The fourth-order valence-corrected chi connectivity index (χ4v) is 3.71. The lowest BCUT2D eigenvalue weighted by Gasteiger charge is -2.21. The van der Waals surface area contributed by atoms with Crippen LogP contribution in [-0.4, -0.2) is 35.9 Å². The van der Waals surface area contributed by atoms with Crippen molar-refractivity contribution < 1.29 is 27.9 Å². The molecule has 1 unspecified atom stereocenters. The zero-order valence-electron chi connectivity index (χ0n) is 18.2. The molecule has 0 aliphatic carbocycles. The Balaban J connectivity index is 1.61. The zero-order chi connectivity index (χ0) is 24.2. The highest BCUT2D eigenvalue weighted by molar-refractivity contribution is 6.22. The lowest BCUT2D eigenvalue weighted by atomic mass is 10.1. The second-order valence-corrected chi connectivity index (χ2v) is 7.69. The summed E-state index contributed by atoms with van der Waals surface area (Å²) in [6.45, 7) is -0.000182. The number of benzene rings is 3. The number of methoxy groups -OCH3 is 1. The van der Waals surface area contributed by atoms with Crippen molar-refractivity contribution in [3.8, 4) is 5.75 Å². The Labute approximate surface area is 194 Å². The Morgan fingerprint density at radius 1 is 0.971 bits per heavy atom. The predicted octanol–water partition coefficient (Wildman–Crippen LogP) is 4.34. The summed E-state index contributed by atoms with van der Waals surface area (Å²) in [4.78, 5) is 41.6. The molecule has 1 heterocycles. The molecular weight excluding hydrogens is 444 g/mol. The first-order chi connectivity index (χ1) is 16.4. The maximum absolute atomic E-state index is 13.3. The van der Waals surface area contributed by atoms with Crippen molar-refractivity contribution in [1.82, 2.24) is 4.90 Å². The highest BCUT2D eigenvalue weighted by Crippen LogP contribution is 2.30. The van der Waals surface area contributed by atoms with Crippen molar-refractivity contribution in [3.05, 3.63) is 90.0 Å². The van der Waals surface area contributed by atoms with E-state index >= 15 is 0 Å². The number of carbonyl (C=O) groups is 3. The molecule has 0 radical (unpaired) electrons. The molecule has 174 valence electrons. The van der Waals surface area contributed by atoms with E-state index in [0.29, 0.717) is 22.7 Å². The monoisotopic (exact) mass is 465 g/mol. The van der Waals surface area contributed by atoms with Crippen LogP contribution in [0.1, 0.15) is 12.0 Å². The molecule has 3 aromatic rings. The summed E-state index contributed by atoms with van der Waals surface area (Å²) in [5.74, 6) is -1.51.